The summed E-state index contributed by atoms with van der Waals surface area (Å²) >= 11 is 0. The zero-order chi connectivity index (χ0) is 23.7. The third-order valence-corrected chi connectivity index (χ3v) is 12.0. The van der Waals surface area contributed by atoms with Crippen LogP contribution in [0.3, 0.4) is 0 Å². The highest BCUT2D eigenvalue weighted by molar-refractivity contribution is 6.99. The summed E-state index contributed by atoms with van der Waals surface area (Å²) in [5, 5.41) is 2.69. The van der Waals surface area contributed by atoms with Gasteiger partial charge in [-0.3, -0.25) is 0 Å². The lowest BCUT2D eigenvalue weighted by molar-refractivity contribution is -0.133. The number of ether oxygens (including phenoxy) is 2. The molecular formula is C29H42O3Si. The highest BCUT2D eigenvalue weighted by atomic mass is 28.4. The second kappa shape index (κ2) is 12.1. The van der Waals surface area contributed by atoms with E-state index in [-0.39, 0.29) is 23.4 Å². The van der Waals surface area contributed by atoms with Crippen molar-refractivity contribution in [2.75, 3.05) is 13.7 Å². The van der Waals surface area contributed by atoms with Gasteiger partial charge in [0.15, 0.2) is 0 Å². The summed E-state index contributed by atoms with van der Waals surface area (Å²) in [6, 6.07) is 21.8. The van der Waals surface area contributed by atoms with Crippen molar-refractivity contribution in [3.05, 3.63) is 73.3 Å². The van der Waals surface area contributed by atoms with Crippen molar-refractivity contribution in [1.29, 1.82) is 0 Å². The van der Waals surface area contributed by atoms with Crippen LogP contribution in [0.4, 0.5) is 0 Å². The van der Waals surface area contributed by atoms with Gasteiger partial charge in [0.2, 0.25) is 0 Å². The predicted molar refractivity (Wildman–Crippen MR) is 141 cm³/mol. The molecule has 0 bridgehead atoms. The van der Waals surface area contributed by atoms with E-state index in [1.54, 1.807) is 7.11 Å². The summed E-state index contributed by atoms with van der Waals surface area (Å²) < 4.78 is 19.2. The van der Waals surface area contributed by atoms with Crippen molar-refractivity contribution in [1.82, 2.24) is 0 Å². The molecule has 1 aliphatic rings. The number of hydrogen-bond acceptors (Lipinski definition) is 3. The van der Waals surface area contributed by atoms with Crippen LogP contribution in [-0.4, -0.2) is 40.3 Å². The van der Waals surface area contributed by atoms with Gasteiger partial charge in [-0.2, -0.15) is 0 Å². The molecule has 2 aromatic carbocycles. The van der Waals surface area contributed by atoms with Crippen molar-refractivity contribution in [3.8, 4) is 0 Å². The lowest BCUT2D eigenvalue weighted by atomic mass is 9.95. The van der Waals surface area contributed by atoms with Crippen LogP contribution in [-0.2, 0) is 13.9 Å². The molecule has 0 radical (unpaired) electrons. The highest BCUT2D eigenvalue weighted by Crippen LogP contribution is 2.37. The van der Waals surface area contributed by atoms with Crippen LogP contribution >= 0.6 is 0 Å². The van der Waals surface area contributed by atoms with Gasteiger partial charge in [-0.05, 0) is 53.9 Å². The molecule has 0 saturated carbocycles. The fourth-order valence-corrected chi connectivity index (χ4v) is 9.86. The monoisotopic (exact) mass is 466 g/mol. The summed E-state index contributed by atoms with van der Waals surface area (Å²) in [5.74, 6) is 0. The van der Waals surface area contributed by atoms with Gasteiger partial charge in [-0.1, -0.05) is 87.5 Å². The summed E-state index contributed by atoms with van der Waals surface area (Å²) in [6.07, 6.45) is 8.73. The van der Waals surface area contributed by atoms with Gasteiger partial charge in [0.25, 0.3) is 8.32 Å². The van der Waals surface area contributed by atoms with Crippen LogP contribution in [0.2, 0.25) is 5.04 Å². The average molecular weight is 467 g/mol. The first-order valence-electron chi connectivity index (χ1n) is 12.5. The van der Waals surface area contributed by atoms with Crippen molar-refractivity contribution < 1.29 is 13.9 Å². The summed E-state index contributed by atoms with van der Waals surface area (Å²) in [4.78, 5) is 0. The maximum Gasteiger partial charge on any atom is 0.261 e. The molecule has 0 spiro atoms. The summed E-state index contributed by atoms with van der Waals surface area (Å²) in [7, 11) is -0.657. The van der Waals surface area contributed by atoms with Gasteiger partial charge in [-0.15, -0.1) is 6.58 Å². The van der Waals surface area contributed by atoms with Crippen LogP contribution in [0.15, 0.2) is 73.3 Å². The van der Waals surface area contributed by atoms with Crippen LogP contribution in [0.25, 0.3) is 0 Å². The molecule has 1 aliphatic heterocycles. The molecule has 0 N–H and O–H groups in total. The molecule has 0 unspecified atom stereocenters. The van der Waals surface area contributed by atoms with Gasteiger partial charge in [-0.25, -0.2) is 0 Å². The minimum atomic E-state index is -2.46. The molecule has 0 aliphatic carbocycles. The lowest BCUT2D eigenvalue weighted by Crippen LogP contribution is -2.66. The number of hydrogen-bond donors (Lipinski definition) is 0. The van der Waals surface area contributed by atoms with Gasteiger partial charge in [0, 0.05) is 13.7 Å². The van der Waals surface area contributed by atoms with Crippen molar-refractivity contribution in [2.45, 2.75) is 82.6 Å². The summed E-state index contributed by atoms with van der Waals surface area (Å²) in [5.41, 5.74) is 0. The fraction of sp³-hybridized carbons (Fsp3) is 0.517. The first-order chi connectivity index (χ1) is 15.9. The molecule has 1 saturated heterocycles. The van der Waals surface area contributed by atoms with E-state index in [1.165, 1.54) is 10.4 Å². The molecule has 180 valence electrons. The minimum Gasteiger partial charge on any atom is -0.407 e. The molecule has 3 atom stereocenters. The Balaban J connectivity index is 1.70. The van der Waals surface area contributed by atoms with E-state index in [4.69, 9.17) is 13.9 Å². The zero-order valence-electron chi connectivity index (χ0n) is 21.0. The van der Waals surface area contributed by atoms with Gasteiger partial charge in [0.05, 0.1) is 18.3 Å². The fourth-order valence-electron chi connectivity index (χ4n) is 5.25. The molecule has 2 aromatic rings. The predicted octanol–water partition coefficient (Wildman–Crippen LogP) is 5.87. The quantitative estimate of drug-likeness (QED) is 0.235. The molecule has 0 aromatic heterocycles. The van der Waals surface area contributed by atoms with E-state index in [9.17, 15) is 0 Å². The first-order valence-corrected chi connectivity index (χ1v) is 14.4. The van der Waals surface area contributed by atoms with Gasteiger partial charge >= 0.3 is 0 Å². The van der Waals surface area contributed by atoms with E-state index in [1.807, 2.05) is 6.08 Å². The number of rotatable bonds is 11. The molecule has 3 nitrogen and oxygen atoms in total. The third-order valence-electron chi connectivity index (χ3n) is 6.92. The third kappa shape index (κ3) is 6.24. The first kappa shape index (κ1) is 25.9. The van der Waals surface area contributed by atoms with Crippen LogP contribution in [0, 0.1) is 0 Å². The SMILES string of the molecule is C=CCC[C@H]1O[C@H](CCCO[Si](c2ccccc2)(c2ccccc2)C(C)(C)C)CC[C@@H]1OC. The smallest absolute Gasteiger partial charge is 0.261 e. The van der Waals surface area contributed by atoms with Crippen LogP contribution < -0.4 is 10.4 Å². The Morgan fingerprint density at radius 2 is 1.58 bits per heavy atom. The van der Waals surface area contributed by atoms with E-state index < -0.39 is 8.32 Å². The maximum absolute atomic E-state index is 7.04. The van der Waals surface area contributed by atoms with Gasteiger partial charge in [0.1, 0.15) is 0 Å². The van der Waals surface area contributed by atoms with Crippen molar-refractivity contribution >= 4 is 18.7 Å². The molecule has 1 heterocycles. The number of allylic oxidation sites excluding steroid dienone is 1. The molecule has 4 heteroatoms. The minimum absolute atomic E-state index is 0.0124. The van der Waals surface area contributed by atoms with E-state index in [0.29, 0.717) is 0 Å². The number of methoxy groups -OCH3 is 1. The Kier molecular flexibility index (Phi) is 9.51. The molecule has 33 heavy (non-hydrogen) atoms. The molecule has 1 fully saturated rings. The van der Waals surface area contributed by atoms with Crippen LogP contribution in [0.1, 0.15) is 59.3 Å². The number of benzene rings is 2. The molecule has 3 rings (SSSR count). The van der Waals surface area contributed by atoms with E-state index in [2.05, 4.69) is 88.0 Å². The van der Waals surface area contributed by atoms with E-state index in [0.717, 1.165) is 45.1 Å². The standard InChI is InChI=1S/C29H42O3Si/c1-6-7-20-28-27(30-5)22-21-24(32-28)15-14-23-31-33(29(2,3)4,25-16-10-8-11-17-25)26-18-12-9-13-19-26/h6,8-13,16-19,24,27-28H,1,7,14-15,20-23H2,2-5H3/t24-,27+,28-/m1/s1. The van der Waals surface area contributed by atoms with Crippen molar-refractivity contribution in [3.63, 3.8) is 0 Å². The van der Waals surface area contributed by atoms with Crippen molar-refractivity contribution in [2.24, 2.45) is 0 Å². The second-order valence-corrected chi connectivity index (χ2v) is 14.5. The largest absolute Gasteiger partial charge is 0.407 e. The average Bonchev–Trinajstić information content (AvgIpc) is 2.83. The van der Waals surface area contributed by atoms with Gasteiger partial charge < -0.3 is 13.9 Å². The summed E-state index contributed by atoms with van der Waals surface area (Å²) in [6.45, 7) is 11.6. The lowest BCUT2D eigenvalue weighted by Gasteiger charge is -2.43. The second-order valence-electron chi connectivity index (χ2n) is 10.2. The molecular weight excluding hydrogens is 424 g/mol. The maximum atomic E-state index is 7.04. The normalized spacial score (nSPS) is 21.6. The Hall–Kier alpha value is -1.72. The Morgan fingerprint density at radius 1 is 0.970 bits per heavy atom. The van der Waals surface area contributed by atoms with E-state index >= 15 is 0 Å². The Bertz CT molecular complexity index is 791. The zero-order valence-corrected chi connectivity index (χ0v) is 22.0. The topological polar surface area (TPSA) is 27.7 Å². The Morgan fingerprint density at radius 3 is 2.09 bits per heavy atom. The van der Waals surface area contributed by atoms with Crippen LogP contribution in [0.5, 0.6) is 0 Å². The highest BCUT2D eigenvalue weighted by Gasteiger charge is 2.50. The molecule has 0 amide bonds. The Labute approximate surface area is 202 Å².